The molecule has 0 fully saturated rings. The van der Waals surface area contributed by atoms with Crippen LogP contribution in [0.2, 0.25) is 0 Å². The fraction of sp³-hybridized carbons (Fsp3) is 0.273. The van der Waals surface area contributed by atoms with E-state index in [1.165, 1.54) is 0 Å². The minimum atomic E-state index is -1.28. The molecule has 0 saturated carbocycles. The van der Waals surface area contributed by atoms with E-state index in [9.17, 15) is 18.0 Å². The number of aliphatic imine (C=N–C) groups is 1. The fourth-order valence-corrected chi connectivity index (χ4v) is 1.72. The summed E-state index contributed by atoms with van der Waals surface area (Å²) >= 11 is 0. The monoisotopic (exact) mass is 243 g/mol. The van der Waals surface area contributed by atoms with Crippen molar-refractivity contribution in [2.75, 3.05) is 0 Å². The van der Waals surface area contributed by atoms with Crippen LogP contribution in [-0.4, -0.2) is 22.8 Å². The van der Waals surface area contributed by atoms with Crippen LogP contribution in [0.5, 0.6) is 0 Å². The van der Waals surface area contributed by atoms with E-state index in [-0.39, 0.29) is 24.1 Å². The van der Waals surface area contributed by atoms with Crippen LogP contribution in [0.1, 0.15) is 18.4 Å². The number of hydrogen-bond donors (Lipinski definition) is 1. The Morgan fingerprint density at radius 3 is 2.47 bits per heavy atom. The number of carbonyl (C=O) groups is 1. The molecule has 0 amide bonds. The first kappa shape index (κ1) is 11.6. The van der Waals surface area contributed by atoms with Crippen LogP contribution in [0.25, 0.3) is 0 Å². The molecule has 0 spiro atoms. The number of hydrogen-bond acceptors (Lipinski definition) is 2. The Kier molecular flexibility index (Phi) is 2.87. The van der Waals surface area contributed by atoms with Crippen LogP contribution in [0.3, 0.4) is 0 Å². The van der Waals surface area contributed by atoms with Crippen LogP contribution in [-0.2, 0) is 4.79 Å². The van der Waals surface area contributed by atoms with E-state index in [0.717, 1.165) is 0 Å². The Morgan fingerprint density at radius 2 is 1.88 bits per heavy atom. The maximum Gasteiger partial charge on any atom is 0.328 e. The van der Waals surface area contributed by atoms with Crippen molar-refractivity contribution >= 4 is 11.7 Å². The number of nitrogens with zero attached hydrogens (tertiary/aromatic N) is 1. The zero-order valence-corrected chi connectivity index (χ0v) is 8.58. The second kappa shape index (κ2) is 4.20. The number of aliphatic carboxylic acids is 1. The predicted octanol–water partition coefficient (Wildman–Crippen LogP) is 2.14. The molecule has 6 heteroatoms. The molecule has 17 heavy (non-hydrogen) atoms. The maximum absolute atomic E-state index is 13.4. The molecule has 1 aromatic carbocycles. The molecule has 0 aromatic heterocycles. The highest BCUT2D eigenvalue weighted by molar-refractivity contribution is 6.03. The van der Waals surface area contributed by atoms with E-state index < -0.39 is 29.5 Å². The molecule has 0 radical (unpaired) electrons. The molecule has 1 atom stereocenters. The van der Waals surface area contributed by atoms with Gasteiger partial charge in [-0.3, -0.25) is 4.99 Å². The first-order valence-corrected chi connectivity index (χ1v) is 4.93. The van der Waals surface area contributed by atoms with Crippen molar-refractivity contribution in [2.45, 2.75) is 18.9 Å². The summed E-state index contributed by atoms with van der Waals surface area (Å²) in [6.45, 7) is 0. The van der Waals surface area contributed by atoms with Gasteiger partial charge in [-0.1, -0.05) is 0 Å². The predicted molar refractivity (Wildman–Crippen MR) is 53.5 cm³/mol. The van der Waals surface area contributed by atoms with Crippen molar-refractivity contribution in [1.29, 1.82) is 0 Å². The molecule has 1 aliphatic heterocycles. The van der Waals surface area contributed by atoms with Gasteiger partial charge in [0.15, 0.2) is 11.6 Å². The van der Waals surface area contributed by atoms with Gasteiger partial charge in [-0.05, 0) is 18.9 Å². The summed E-state index contributed by atoms with van der Waals surface area (Å²) in [7, 11) is 0. The zero-order valence-electron chi connectivity index (χ0n) is 8.58. The number of halogens is 3. The summed E-state index contributed by atoms with van der Waals surface area (Å²) in [5, 5.41) is 8.71. The summed E-state index contributed by atoms with van der Waals surface area (Å²) < 4.78 is 39.0. The normalized spacial score (nSPS) is 19.2. The van der Waals surface area contributed by atoms with Gasteiger partial charge < -0.3 is 5.11 Å². The molecule has 0 aliphatic carbocycles. The Labute approximate surface area is 94.6 Å². The standard InChI is InChI=1S/C11H8F3NO2/c12-6-4-8(14)7(13)3-5(6)9-1-2-10(15-9)11(16)17/h3-4,10H,1-2H2,(H,16,17). The minimum absolute atomic E-state index is 0.161. The molecule has 0 saturated heterocycles. The highest BCUT2D eigenvalue weighted by atomic mass is 19.2. The Morgan fingerprint density at radius 1 is 1.24 bits per heavy atom. The SMILES string of the molecule is O=C(O)C1CCC(c2cc(F)c(F)cc2F)=N1. The van der Waals surface area contributed by atoms with Crippen molar-refractivity contribution in [3.63, 3.8) is 0 Å². The third-order valence-corrected chi connectivity index (χ3v) is 2.57. The largest absolute Gasteiger partial charge is 0.480 e. The van der Waals surface area contributed by atoms with Crippen LogP contribution < -0.4 is 0 Å². The lowest BCUT2D eigenvalue weighted by atomic mass is 10.1. The Balaban J connectivity index is 2.39. The molecule has 1 aliphatic rings. The van der Waals surface area contributed by atoms with E-state index in [4.69, 9.17) is 5.11 Å². The van der Waals surface area contributed by atoms with Gasteiger partial charge in [0.05, 0.1) is 0 Å². The lowest BCUT2D eigenvalue weighted by molar-refractivity contribution is -0.138. The van der Waals surface area contributed by atoms with Crippen molar-refractivity contribution < 1.29 is 23.1 Å². The van der Waals surface area contributed by atoms with E-state index in [1.54, 1.807) is 0 Å². The summed E-state index contributed by atoms with van der Waals surface area (Å²) in [6.07, 6.45) is 0.474. The summed E-state index contributed by atoms with van der Waals surface area (Å²) in [6, 6.07) is 0.201. The third-order valence-electron chi connectivity index (χ3n) is 2.57. The quantitative estimate of drug-likeness (QED) is 0.809. The lowest BCUT2D eigenvalue weighted by Crippen LogP contribution is -2.13. The zero-order chi connectivity index (χ0) is 12.6. The van der Waals surface area contributed by atoms with Gasteiger partial charge in [-0.2, -0.15) is 0 Å². The average molecular weight is 243 g/mol. The smallest absolute Gasteiger partial charge is 0.328 e. The summed E-state index contributed by atoms with van der Waals surface area (Å²) in [5.74, 6) is -4.50. The van der Waals surface area contributed by atoms with E-state index >= 15 is 0 Å². The second-order valence-corrected chi connectivity index (χ2v) is 3.71. The topological polar surface area (TPSA) is 49.7 Å². The number of rotatable bonds is 2. The minimum Gasteiger partial charge on any atom is -0.480 e. The van der Waals surface area contributed by atoms with Crippen LogP contribution in [0.4, 0.5) is 13.2 Å². The molecule has 0 bridgehead atoms. The van der Waals surface area contributed by atoms with Gasteiger partial charge in [0, 0.05) is 17.3 Å². The van der Waals surface area contributed by atoms with Crippen molar-refractivity contribution in [3.05, 3.63) is 35.1 Å². The number of carboxylic acids is 1. The summed E-state index contributed by atoms with van der Waals surface area (Å²) in [5.41, 5.74) is -0.0125. The van der Waals surface area contributed by atoms with Gasteiger partial charge >= 0.3 is 5.97 Å². The van der Waals surface area contributed by atoms with Crippen molar-refractivity contribution in [1.82, 2.24) is 0 Å². The van der Waals surface area contributed by atoms with Gasteiger partial charge in [0.2, 0.25) is 0 Å². The molecular formula is C11H8F3NO2. The first-order chi connectivity index (χ1) is 7.99. The Bertz CT molecular complexity index is 514. The molecule has 1 unspecified atom stereocenters. The van der Waals surface area contributed by atoms with Crippen LogP contribution >= 0.6 is 0 Å². The first-order valence-electron chi connectivity index (χ1n) is 4.93. The molecule has 1 heterocycles. The van der Waals surface area contributed by atoms with Gasteiger partial charge in [-0.25, -0.2) is 18.0 Å². The van der Waals surface area contributed by atoms with Crippen molar-refractivity contribution in [2.24, 2.45) is 4.99 Å². The van der Waals surface area contributed by atoms with E-state index in [2.05, 4.69) is 4.99 Å². The summed E-state index contributed by atoms with van der Waals surface area (Å²) in [4.78, 5) is 14.4. The van der Waals surface area contributed by atoms with E-state index in [1.807, 2.05) is 0 Å². The molecule has 3 nitrogen and oxygen atoms in total. The Hall–Kier alpha value is -1.85. The van der Waals surface area contributed by atoms with Gasteiger partial charge in [-0.15, -0.1) is 0 Å². The van der Waals surface area contributed by atoms with Gasteiger partial charge in [0.25, 0.3) is 0 Å². The number of carboxylic acid groups (broad SMARTS) is 1. The lowest BCUT2D eigenvalue weighted by Gasteiger charge is -2.03. The molecule has 90 valence electrons. The van der Waals surface area contributed by atoms with Crippen LogP contribution in [0.15, 0.2) is 17.1 Å². The fourth-order valence-electron chi connectivity index (χ4n) is 1.72. The molecule has 1 N–H and O–H groups in total. The van der Waals surface area contributed by atoms with Crippen molar-refractivity contribution in [3.8, 4) is 0 Å². The van der Waals surface area contributed by atoms with Crippen LogP contribution in [0, 0.1) is 17.5 Å². The molecule has 2 rings (SSSR count). The number of benzene rings is 1. The highest BCUT2D eigenvalue weighted by Gasteiger charge is 2.26. The second-order valence-electron chi connectivity index (χ2n) is 3.71. The van der Waals surface area contributed by atoms with E-state index in [0.29, 0.717) is 12.1 Å². The average Bonchev–Trinajstić information content (AvgIpc) is 2.72. The maximum atomic E-state index is 13.4. The molecule has 1 aromatic rings. The highest BCUT2D eigenvalue weighted by Crippen LogP contribution is 2.22. The molecular weight excluding hydrogens is 235 g/mol. The third kappa shape index (κ3) is 2.15. The van der Waals surface area contributed by atoms with Gasteiger partial charge in [0.1, 0.15) is 11.9 Å².